The number of rotatable bonds is 3. The molecular formula is C16H21ClO4. The van der Waals surface area contributed by atoms with Crippen molar-refractivity contribution in [2.75, 3.05) is 19.8 Å². The van der Waals surface area contributed by atoms with Gasteiger partial charge in [0.2, 0.25) is 0 Å². The van der Waals surface area contributed by atoms with Gasteiger partial charge in [0, 0.05) is 36.5 Å². The molecular weight excluding hydrogens is 292 g/mol. The summed E-state index contributed by atoms with van der Waals surface area (Å²) in [6.45, 7) is 3.81. The van der Waals surface area contributed by atoms with Crippen LogP contribution < -0.4 is 4.74 Å². The van der Waals surface area contributed by atoms with Crippen molar-refractivity contribution in [3.63, 3.8) is 0 Å². The van der Waals surface area contributed by atoms with Crippen molar-refractivity contribution in [3.8, 4) is 5.75 Å². The minimum Gasteiger partial charge on any atom is -0.490 e. The minimum absolute atomic E-state index is 0.0825. The van der Waals surface area contributed by atoms with Crippen LogP contribution in [0, 0.1) is 0 Å². The van der Waals surface area contributed by atoms with Crippen LogP contribution in [0.3, 0.4) is 0 Å². The highest BCUT2D eigenvalue weighted by molar-refractivity contribution is 6.30. The van der Waals surface area contributed by atoms with Crippen molar-refractivity contribution in [2.45, 2.75) is 44.0 Å². The average Bonchev–Trinajstić information content (AvgIpc) is 2.88. The number of halogens is 1. The Morgan fingerprint density at radius 2 is 2.29 bits per heavy atom. The zero-order chi connectivity index (χ0) is 14.9. The van der Waals surface area contributed by atoms with Crippen molar-refractivity contribution in [1.29, 1.82) is 0 Å². The Morgan fingerprint density at radius 1 is 1.43 bits per heavy atom. The van der Waals surface area contributed by atoms with Gasteiger partial charge in [0.15, 0.2) is 0 Å². The van der Waals surface area contributed by atoms with Gasteiger partial charge in [0.1, 0.15) is 11.9 Å². The van der Waals surface area contributed by atoms with Gasteiger partial charge >= 0.3 is 0 Å². The summed E-state index contributed by atoms with van der Waals surface area (Å²) >= 11 is 6.00. The first-order valence-corrected chi connectivity index (χ1v) is 7.82. The van der Waals surface area contributed by atoms with E-state index in [0.29, 0.717) is 24.0 Å². The Hall–Kier alpha value is -0.810. The van der Waals surface area contributed by atoms with Gasteiger partial charge in [-0.3, -0.25) is 0 Å². The van der Waals surface area contributed by atoms with Crippen LogP contribution in [0.1, 0.15) is 37.9 Å². The van der Waals surface area contributed by atoms with Gasteiger partial charge in [-0.25, -0.2) is 0 Å². The third-order valence-electron chi connectivity index (χ3n) is 4.23. The van der Waals surface area contributed by atoms with Crippen LogP contribution in [0.5, 0.6) is 5.75 Å². The summed E-state index contributed by atoms with van der Waals surface area (Å²) < 4.78 is 17.5. The second-order valence-electron chi connectivity index (χ2n) is 5.92. The van der Waals surface area contributed by atoms with Crippen LogP contribution in [-0.2, 0) is 9.47 Å². The smallest absolute Gasteiger partial charge is 0.125 e. The average molecular weight is 313 g/mol. The van der Waals surface area contributed by atoms with E-state index in [-0.39, 0.29) is 11.7 Å². The number of benzene rings is 1. The van der Waals surface area contributed by atoms with Gasteiger partial charge in [0.25, 0.3) is 0 Å². The first-order valence-electron chi connectivity index (χ1n) is 7.44. The molecule has 3 rings (SSSR count). The molecule has 0 aliphatic carbocycles. The van der Waals surface area contributed by atoms with Gasteiger partial charge in [-0.2, -0.15) is 0 Å². The third kappa shape index (κ3) is 3.34. The molecule has 1 aromatic rings. The molecule has 21 heavy (non-hydrogen) atoms. The van der Waals surface area contributed by atoms with Crippen LogP contribution in [0.25, 0.3) is 0 Å². The molecule has 3 unspecified atom stereocenters. The van der Waals surface area contributed by atoms with E-state index in [1.54, 1.807) is 19.1 Å². The van der Waals surface area contributed by atoms with E-state index in [0.717, 1.165) is 31.4 Å². The quantitative estimate of drug-likeness (QED) is 0.931. The summed E-state index contributed by atoms with van der Waals surface area (Å²) in [7, 11) is 0. The standard InChI is InChI=1S/C16H21ClO4/c1-11(18)14-8-12(17)2-3-15(14)21-13-4-6-20-16(9-13)5-7-19-10-16/h2-3,8,11,13,18H,4-7,9-10H2,1H3. The Morgan fingerprint density at radius 3 is 3.00 bits per heavy atom. The summed E-state index contributed by atoms with van der Waals surface area (Å²) in [5, 5.41) is 10.5. The lowest BCUT2D eigenvalue weighted by Gasteiger charge is -2.37. The molecule has 4 nitrogen and oxygen atoms in total. The predicted octanol–water partition coefficient (Wildman–Crippen LogP) is 3.11. The predicted molar refractivity (Wildman–Crippen MR) is 79.9 cm³/mol. The van der Waals surface area contributed by atoms with Crippen LogP contribution in [-0.4, -0.2) is 36.6 Å². The molecule has 0 amide bonds. The van der Waals surface area contributed by atoms with Crippen molar-refractivity contribution in [3.05, 3.63) is 28.8 Å². The zero-order valence-electron chi connectivity index (χ0n) is 12.2. The van der Waals surface area contributed by atoms with Crippen LogP contribution in [0.15, 0.2) is 18.2 Å². The van der Waals surface area contributed by atoms with E-state index in [1.165, 1.54) is 0 Å². The second kappa shape index (κ2) is 6.13. The lowest BCUT2D eigenvalue weighted by atomic mass is 9.91. The Balaban J connectivity index is 1.74. The molecule has 2 heterocycles. The van der Waals surface area contributed by atoms with E-state index in [4.69, 9.17) is 25.8 Å². The first kappa shape index (κ1) is 15.1. The lowest BCUT2D eigenvalue weighted by molar-refractivity contribution is -0.112. The van der Waals surface area contributed by atoms with Crippen molar-refractivity contribution < 1.29 is 19.3 Å². The molecule has 116 valence electrons. The maximum absolute atomic E-state index is 9.88. The number of aliphatic hydroxyl groups excluding tert-OH is 1. The molecule has 0 aromatic heterocycles. The Labute approximate surface area is 130 Å². The molecule has 3 atom stereocenters. The molecule has 2 fully saturated rings. The van der Waals surface area contributed by atoms with Gasteiger partial charge in [-0.1, -0.05) is 11.6 Å². The summed E-state index contributed by atoms with van der Waals surface area (Å²) in [5.41, 5.74) is 0.547. The van der Waals surface area contributed by atoms with Crippen molar-refractivity contribution in [2.24, 2.45) is 0 Å². The van der Waals surface area contributed by atoms with E-state index in [9.17, 15) is 5.11 Å². The van der Waals surface area contributed by atoms with Crippen molar-refractivity contribution >= 4 is 11.6 Å². The normalized spacial score (nSPS) is 30.5. The molecule has 5 heteroatoms. The number of hydrogen-bond acceptors (Lipinski definition) is 4. The zero-order valence-corrected chi connectivity index (χ0v) is 12.9. The van der Waals surface area contributed by atoms with Crippen LogP contribution >= 0.6 is 11.6 Å². The van der Waals surface area contributed by atoms with Crippen molar-refractivity contribution in [1.82, 2.24) is 0 Å². The third-order valence-corrected chi connectivity index (χ3v) is 4.47. The topological polar surface area (TPSA) is 47.9 Å². The van der Waals surface area contributed by atoms with Crippen LogP contribution in [0.2, 0.25) is 5.02 Å². The molecule has 0 radical (unpaired) electrons. The molecule has 0 bridgehead atoms. The summed E-state index contributed by atoms with van der Waals surface area (Å²) in [4.78, 5) is 0. The van der Waals surface area contributed by atoms with Crippen LogP contribution in [0.4, 0.5) is 0 Å². The maximum Gasteiger partial charge on any atom is 0.125 e. The second-order valence-corrected chi connectivity index (χ2v) is 6.36. The number of aliphatic hydroxyl groups is 1. The van der Waals surface area contributed by atoms with E-state index in [2.05, 4.69) is 0 Å². The van der Waals surface area contributed by atoms with E-state index in [1.807, 2.05) is 6.07 Å². The highest BCUT2D eigenvalue weighted by atomic mass is 35.5. The minimum atomic E-state index is -0.609. The molecule has 2 aliphatic rings. The summed E-state index contributed by atoms with van der Waals surface area (Å²) in [5.74, 6) is 0.704. The number of ether oxygens (including phenoxy) is 3. The molecule has 2 saturated heterocycles. The first-order chi connectivity index (χ1) is 10.1. The fourth-order valence-corrected chi connectivity index (χ4v) is 3.26. The molecule has 1 aromatic carbocycles. The molecule has 0 saturated carbocycles. The monoisotopic (exact) mass is 312 g/mol. The van der Waals surface area contributed by atoms with Gasteiger partial charge < -0.3 is 19.3 Å². The fourth-order valence-electron chi connectivity index (χ4n) is 3.08. The lowest BCUT2D eigenvalue weighted by Crippen LogP contribution is -2.44. The summed E-state index contributed by atoms with van der Waals surface area (Å²) in [6, 6.07) is 5.38. The van der Waals surface area contributed by atoms with Gasteiger partial charge in [-0.15, -0.1) is 0 Å². The van der Waals surface area contributed by atoms with E-state index < -0.39 is 6.10 Å². The van der Waals surface area contributed by atoms with Gasteiger partial charge in [0.05, 0.1) is 24.9 Å². The molecule has 1 spiro atoms. The SMILES string of the molecule is CC(O)c1cc(Cl)ccc1OC1CCOC2(CCOC2)C1. The fraction of sp³-hybridized carbons (Fsp3) is 0.625. The molecule has 1 N–H and O–H groups in total. The highest BCUT2D eigenvalue weighted by Crippen LogP contribution is 2.36. The summed E-state index contributed by atoms with van der Waals surface area (Å²) in [6.07, 6.45) is 2.08. The van der Waals surface area contributed by atoms with E-state index >= 15 is 0 Å². The Bertz CT molecular complexity index is 497. The van der Waals surface area contributed by atoms with Gasteiger partial charge in [-0.05, 0) is 25.1 Å². The highest BCUT2D eigenvalue weighted by Gasteiger charge is 2.42. The largest absolute Gasteiger partial charge is 0.490 e. The maximum atomic E-state index is 9.88. The Kier molecular flexibility index (Phi) is 4.41. The number of hydrogen-bond donors (Lipinski definition) is 1. The molecule has 2 aliphatic heterocycles.